The summed E-state index contributed by atoms with van der Waals surface area (Å²) in [5, 5.41) is 0. The number of rotatable bonds is 7. The third-order valence-corrected chi connectivity index (χ3v) is 4.34. The zero-order chi connectivity index (χ0) is 19.8. The highest BCUT2D eigenvalue weighted by molar-refractivity contribution is 5.95. The second-order valence-corrected chi connectivity index (χ2v) is 6.53. The van der Waals surface area contributed by atoms with Crippen LogP contribution in [0.15, 0.2) is 48.5 Å². The van der Waals surface area contributed by atoms with Gasteiger partial charge in [-0.25, -0.2) is 0 Å². The zero-order valence-corrected chi connectivity index (χ0v) is 15.8. The van der Waals surface area contributed by atoms with Gasteiger partial charge in [-0.15, -0.1) is 0 Å². The summed E-state index contributed by atoms with van der Waals surface area (Å²) in [5.41, 5.74) is 6.04. The van der Waals surface area contributed by atoms with Crippen molar-refractivity contribution in [2.45, 2.75) is 25.9 Å². The highest BCUT2D eigenvalue weighted by Gasteiger charge is 2.16. The Hall–Kier alpha value is -3.06. The first-order valence-corrected chi connectivity index (χ1v) is 9.24. The van der Waals surface area contributed by atoms with Gasteiger partial charge in [-0.05, 0) is 55.7 Å². The summed E-state index contributed by atoms with van der Waals surface area (Å²) < 4.78 is 16.6. The molecular formula is C21H24N2O5. The monoisotopic (exact) mass is 384 g/mol. The molecule has 148 valence electrons. The van der Waals surface area contributed by atoms with E-state index in [1.807, 2.05) is 25.1 Å². The molecular weight excluding hydrogens is 360 g/mol. The molecule has 1 aliphatic heterocycles. The lowest BCUT2D eigenvalue weighted by Crippen LogP contribution is -2.43. The fourth-order valence-electron chi connectivity index (χ4n) is 2.76. The molecule has 7 heteroatoms. The maximum absolute atomic E-state index is 12.1. The van der Waals surface area contributed by atoms with Crippen molar-refractivity contribution >= 4 is 11.8 Å². The van der Waals surface area contributed by atoms with Crippen molar-refractivity contribution < 1.29 is 23.8 Å². The Morgan fingerprint density at radius 1 is 1.07 bits per heavy atom. The highest BCUT2D eigenvalue weighted by Crippen LogP contribution is 2.17. The maximum Gasteiger partial charge on any atom is 0.276 e. The zero-order valence-electron chi connectivity index (χ0n) is 15.8. The Morgan fingerprint density at radius 2 is 1.86 bits per heavy atom. The van der Waals surface area contributed by atoms with Crippen molar-refractivity contribution in [3.63, 3.8) is 0 Å². The van der Waals surface area contributed by atoms with Crippen molar-refractivity contribution in [3.8, 4) is 11.5 Å². The van der Waals surface area contributed by atoms with E-state index in [4.69, 9.17) is 14.2 Å². The molecule has 0 aliphatic carbocycles. The van der Waals surface area contributed by atoms with Gasteiger partial charge in [0.15, 0.2) is 6.61 Å². The molecule has 0 radical (unpaired) electrons. The minimum Gasteiger partial charge on any atom is -0.491 e. The molecule has 2 amide bonds. The summed E-state index contributed by atoms with van der Waals surface area (Å²) in [5.74, 6) is 0.424. The molecule has 1 fully saturated rings. The van der Waals surface area contributed by atoms with Crippen molar-refractivity contribution in [2.24, 2.45) is 0 Å². The van der Waals surface area contributed by atoms with Gasteiger partial charge in [0.1, 0.15) is 18.1 Å². The fourth-order valence-corrected chi connectivity index (χ4v) is 2.76. The Balaban J connectivity index is 1.40. The van der Waals surface area contributed by atoms with Gasteiger partial charge in [-0.1, -0.05) is 18.2 Å². The van der Waals surface area contributed by atoms with Crippen molar-refractivity contribution in [1.29, 1.82) is 0 Å². The predicted molar refractivity (Wildman–Crippen MR) is 103 cm³/mol. The van der Waals surface area contributed by atoms with Gasteiger partial charge in [0, 0.05) is 12.2 Å². The number of carbonyl (C=O) groups is 2. The van der Waals surface area contributed by atoms with Crippen LogP contribution in [0.25, 0.3) is 0 Å². The minimum atomic E-state index is -0.451. The van der Waals surface area contributed by atoms with E-state index in [-0.39, 0.29) is 12.7 Å². The third-order valence-electron chi connectivity index (χ3n) is 4.34. The molecule has 1 unspecified atom stereocenters. The molecule has 0 aromatic heterocycles. The topological polar surface area (TPSA) is 85.9 Å². The van der Waals surface area contributed by atoms with E-state index in [1.54, 1.807) is 30.3 Å². The molecule has 2 N–H and O–H groups in total. The molecule has 7 nitrogen and oxygen atoms in total. The lowest BCUT2D eigenvalue weighted by molar-refractivity contribution is -0.123. The quantitative estimate of drug-likeness (QED) is 0.716. The first-order valence-electron chi connectivity index (χ1n) is 9.24. The Labute approximate surface area is 164 Å². The molecule has 3 rings (SSSR count). The minimum absolute atomic E-state index is 0.139. The first kappa shape index (κ1) is 19.7. The summed E-state index contributed by atoms with van der Waals surface area (Å²) in [4.78, 5) is 24.0. The van der Waals surface area contributed by atoms with Gasteiger partial charge in [-0.2, -0.15) is 0 Å². The largest absolute Gasteiger partial charge is 0.491 e. The number of carbonyl (C=O) groups excluding carboxylic acids is 2. The molecule has 0 spiro atoms. The van der Waals surface area contributed by atoms with Gasteiger partial charge >= 0.3 is 0 Å². The van der Waals surface area contributed by atoms with Crippen LogP contribution in [0.1, 0.15) is 28.8 Å². The molecule has 2 aromatic rings. The summed E-state index contributed by atoms with van der Waals surface area (Å²) in [6.07, 6.45) is 2.21. The molecule has 1 saturated heterocycles. The lowest BCUT2D eigenvalue weighted by Gasteiger charge is -2.12. The van der Waals surface area contributed by atoms with Crippen LogP contribution in [0.3, 0.4) is 0 Å². The summed E-state index contributed by atoms with van der Waals surface area (Å²) in [7, 11) is 0. The van der Waals surface area contributed by atoms with E-state index in [0.29, 0.717) is 23.7 Å². The standard InChI is InChI=1S/C21H24N2O5/c1-15-5-2-3-7-19(15)28-14-20(24)22-23-21(25)16-8-10-17(11-9-16)27-13-18-6-4-12-26-18/h2-3,5,7-11,18H,4,6,12-14H2,1H3,(H,22,24)(H,23,25). The number of aryl methyl sites for hydroxylation is 1. The third kappa shape index (κ3) is 5.72. The molecule has 0 bridgehead atoms. The second kappa shape index (κ2) is 9.75. The molecule has 28 heavy (non-hydrogen) atoms. The fraction of sp³-hybridized carbons (Fsp3) is 0.333. The van der Waals surface area contributed by atoms with Crippen LogP contribution >= 0.6 is 0 Å². The van der Waals surface area contributed by atoms with Crippen molar-refractivity contribution in [1.82, 2.24) is 10.9 Å². The summed E-state index contributed by atoms with van der Waals surface area (Å²) in [6, 6.07) is 14.1. The number of hydrogen-bond donors (Lipinski definition) is 2. The molecule has 1 aliphatic rings. The van der Waals surface area contributed by atoms with E-state index >= 15 is 0 Å². The van der Waals surface area contributed by atoms with Gasteiger partial charge in [0.25, 0.3) is 11.8 Å². The predicted octanol–water partition coefficient (Wildman–Crippen LogP) is 2.39. The molecule has 2 aromatic carbocycles. The van der Waals surface area contributed by atoms with E-state index in [9.17, 15) is 9.59 Å². The number of benzene rings is 2. The lowest BCUT2D eigenvalue weighted by atomic mass is 10.2. The maximum atomic E-state index is 12.1. The number of nitrogens with one attached hydrogen (secondary N) is 2. The molecule has 0 saturated carbocycles. The van der Waals surface area contributed by atoms with Crippen LogP contribution in [0, 0.1) is 6.92 Å². The van der Waals surface area contributed by atoms with Crippen LogP contribution in [-0.4, -0.2) is 37.7 Å². The molecule has 1 heterocycles. The number of hydrogen-bond acceptors (Lipinski definition) is 5. The van der Waals surface area contributed by atoms with Crippen LogP contribution < -0.4 is 20.3 Å². The summed E-state index contributed by atoms with van der Waals surface area (Å²) in [6.45, 7) is 2.99. The van der Waals surface area contributed by atoms with Gasteiger partial charge < -0.3 is 14.2 Å². The van der Waals surface area contributed by atoms with Gasteiger partial charge in [0.05, 0.1) is 6.10 Å². The second-order valence-electron chi connectivity index (χ2n) is 6.53. The number of para-hydroxylation sites is 1. The normalized spacial score (nSPS) is 15.7. The Morgan fingerprint density at radius 3 is 2.57 bits per heavy atom. The van der Waals surface area contributed by atoms with E-state index in [0.717, 1.165) is 25.0 Å². The SMILES string of the molecule is Cc1ccccc1OCC(=O)NNC(=O)c1ccc(OCC2CCCO2)cc1. The van der Waals surface area contributed by atoms with Gasteiger partial charge in [0.2, 0.25) is 0 Å². The molecule has 1 atom stereocenters. The average molecular weight is 384 g/mol. The van der Waals surface area contributed by atoms with Crippen LogP contribution in [0.4, 0.5) is 0 Å². The van der Waals surface area contributed by atoms with Crippen LogP contribution in [-0.2, 0) is 9.53 Å². The van der Waals surface area contributed by atoms with Crippen molar-refractivity contribution in [3.05, 3.63) is 59.7 Å². The van der Waals surface area contributed by atoms with Crippen molar-refractivity contribution in [2.75, 3.05) is 19.8 Å². The first-order chi connectivity index (χ1) is 13.6. The average Bonchev–Trinajstić information content (AvgIpc) is 3.24. The van der Waals surface area contributed by atoms with Gasteiger partial charge in [-0.3, -0.25) is 20.4 Å². The smallest absolute Gasteiger partial charge is 0.276 e. The van der Waals surface area contributed by atoms with Crippen LogP contribution in [0.5, 0.6) is 11.5 Å². The van der Waals surface area contributed by atoms with E-state index in [1.165, 1.54) is 0 Å². The Bertz CT molecular complexity index is 801. The van der Waals surface area contributed by atoms with Crippen LogP contribution in [0.2, 0.25) is 0 Å². The highest BCUT2D eigenvalue weighted by atomic mass is 16.5. The summed E-state index contributed by atoms with van der Waals surface area (Å²) >= 11 is 0. The van der Waals surface area contributed by atoms with E-state index < -0.39 is 11.8 Å². The Kier molecular flexibility index (Phi) is 6.86. The van der Waals surface area contributed by atoms with E-state index in [2.05, 4.69) is 10.9 Å². The number of amides is 2. The number of ether oxygens (including phenoxy) is 3. The number of hydrazine groups is 1.